The number of nitrogens with zero attached hydrogens (tertiary/aromatic N) is 1. The van der Waals surface area contributed by atoms with E-state index in [2.05, 4.69) is 15.6 Å². The lowest BCUT2D eigenvalue weighted by atomic mass is 10.0. The molecule has 0 radical (unpaired) electrons. The molecular formula is C19H23N3O3. The highest BCUT2D eigenvalue weighted by Crippen LogP contribution is 2.19. The quantitative estimate of drug-likeness (QED) is 0.744. The zero-order chi connectivity index (χ0) is 18.2. The second kappa shape index (κ2) is 8.82. The molecule has 0 aliphatic carbocycles. The predicted molar refractivity (Wildman–Crippen MR) is 98.0 cm³/mol. The van der Waals surface area contributed by atoms with Gasteiger partial charge in [-0.2, -0.15) is 0 Å². The number of anilines is 3. The van der Waals surface area contributed by atoms with E-state index in [9.17, 15) is 9.59 Å². The van der Waals surface area contributed by atoms with E-state index in [0.29, 0.717) is 17.1 Å². The van der Waals surface area contributed by atoms with Crippen LogP contribution in [0.2, 0.25) is 0 Å². The topological polar surface area (TPSA) is 80.3 Å². The number of hydrogen-bond donors (Lipinski definition) is 2. The van der Waals surface area contributed by atoms with Gasteiger partial charge in [0.2, 0.25) is 5.91 Å². The predicted octanol–water partition coefficient (Wildman–Crippen LogP) is 3.99. The molecule has 2 rings (SSSR count). The minimum Gasteiger partial charge on any atom is -0.465 e. The second-order valence-corrected chi connectivity index (χ2v) is 5.63. The number of pyridine rings is 1. The molecule has 0 bridgehead atoms. The first-order valence-corrected chi connectivity index (χ1v) is 8.29. The van der Waals surface area contributed by atoms with Crippen LogP contribution in [-0.4, -0.2) is 24.0 Å². The number of aromatic nitrogens is 1. The molecule has 0 saturated carbocycles. The Morgan fingerprint density at radius 3 is 2.48 bits per heavy atom. The minimum atomic E-state index is -0.393. The van der Waals surface area contributed by atoms with Crippen molar-refractivity contribution in [3.8, 4) is 0 Å². The van der Waals surface area contributed by atoms with E-state index in [0.717, 1.165) is 18.5 Å². The largest absolute Gasteiger partial charge is 0.465 e. The molecule has 1 aromatic carbocycles. The van der Waals surface area contributed by atoms with E-state index in [1.54, 1.807) is 36.5 Å². The van der Waals surface area contributed by atoms with Crippen LogP contribution < -0.4 is 10.6 Å². The van der Waals surface area contributed by atoms with E-state index in [4.69, 9.17) is 4.74 Å². The molecule has 0 spiro atoms. The number of carbonyl (C=O) groups is 2. The van der Waals surface area contributed by atoms with E-state index in [1.807, 2.05) is 19.9 Å². The lowest BCUT2D eigenvalue weighted by molar-refractivity contribution is -0.120. The number of esters is 1. The zero-order valence-corrected chi connectivity index (χ0v) is 14.7. The van der Waals surface area contributed by atoms with Crippen molar-refractivity contribution in [3.05, 3.63) is 48.2 Å². The lowest BCUT2D eigenvalue weighted by Crippen LogP contribution is -2.21. The number of rotatable bonds is 7. The summed E-state index contributed by atoms with van der Waals surface area (Å²) in [5.74, 6) is 0.246. The molecule has 0 saturated heterocycles. The Balaban J connectivity index is 2.03. The average Bonchev–Trinajstić information content (AvgIpc) is 2.64. The molecule has 0 fully saturated rings. The van der Waals surface area contributed by atoms with Crippen molar-refractivity contribution in [3.63, 3.8) is 0 Å². The van der Waals surface area contributed by atoms with Gasteiger partial charge in [-0.15, -0.1) is 0 Å². The zero-order valence-electron chi connectivity index (χ0n) is 14.7. The van der Waals surface area contributed by atoms with Crippen LogP contribution in [0.3, 0.4) is 0 Å². The van der Waals surface area contributed by atoms with Gasteiger partial charge in [-0.3, -0.25) is 4.79 Å². The third kappa shape index (κ3) is 5.04. The summed E-state index contributed by atoms with van der Waals surface area (Å²) < 4.78 is 4.71. The van der Waals surface area contributed by atoms with E-state index in [1.165, 1.54) is 7.11 Å². The molecule has 0 aliphatic heterocycles. The van der Waals surface area contributed by atoms with Gasteiger partial charge in [0.05, 0.1) is 24.6 Å². The summed E-state index contributed by atoms with van der Waals surface area (Å²) in [6, 6.07) is 10.5. The number of nitrogens with one attached hydrogen (secondary N) is 2. The summed E-state index contributed by atoms with van der Waals surface area (Å²) in [5, 5.41) is 5.99. The van der Waals surface area contributed by atoms with Crippen molar-refractivity contribution < 1.29 is 14.3 Å². The molecule has 1 amide bonds. The highest BCUT2D eigenvalue weighted by molar-refractivity contribution is 5.92. The van der Waals surface area contributed by atoms with Crippen molar-refractivity contribution in [2.75, 3.05) is 17.7 Å². The summed E-state index contributed by atoms with van der Waals surface area (Å²) in [7, 11) is 1.35. The van der Waals surface area contributed by atoms with Crippen LogP contribution in [0.4, 0.5) is 17.2 Å². The van der Waals surface area contributed by atoms with E-state index >= 15 is 0 Å². The standard InChI is InChI=1S/C19H23N3O3/c1-4-13(5-2)18(23)22-16-9-10-17(20-12-16)21-15-8-6-7-14(11-15)19(24)25-3/h6-13H,4-5H2,1-3H3,(H,20,21)(H,22,23). The summed E-state index contributed by atoms with van der Waals surface area (Å²) in [6.07, 6.45) is 3.23. The van der Waals surface area contributed by atoms with Crippen LogP contribution >= 0.6 is 0 Å². The first-order chi connectivity index (χ1) is 12.1. The van der Waals surface area contributed by atoms with Crippen LogP contribution in [0.15, 0.2) is 42.6 Å². The molecule has 1 heterocycles. The fourth-order valence-electron chi connectivity index (χ4n) is 2.44. The monoisotopic (exact) mass is 341 g/mol. The number of carbonyl (C=O) groups excluding carboxylic acids is 2. The smallest absolute Gasteiger partial charge is 0.337 e. The molecule has 6 heteroatoms. The lowest BCUT2D eigenvalue weighted by Gasteiger charge is -2.13. The molecule has 0 unspecified atom stereocenters. The van der Waals surface area contributed by atoms with Gasteiger partial charge in [0.15, 0.2) is 0 Å². The SMILES string of the molecule is CCC(CC)C(=O)Nc1ccc(Nc2cccc(C(=O)OC)c2)nc1. The van der Waals surface area contributed by atoms with E-state index < -0.39 is 5.97 Å². The highest BCUT2D eigenvalue weighted by Gasteiger charge is 2.14. The van der Waals surface area contributed by atoms with Gasteiger partial charge in [0, 0.05) is 11.6 Å². The summed E-state index contributed by atoms with van der Waals surface area (Å²) in [5.41, 5.74) is 1.84. The number of ether oxygens (including phenoxy) is 1. The van der Waals surface area contributed by atoms with E-state index in [-0.39, 0.29) is 11.8 Å². The normalized spacial score (nSPS) is 10.4. The number of methoxy groups -OCH3 is 1. The van der Waals surface area contributed by atoms with Gasteiger partial charge in [0.25, 0.3) is 0 Å². The molecule has 2 aromatic rings. The van der Waals surface area contributed by atoms with Crippen LogP contribution in [0.25, 0.3) is 0 Å². The average molecular weight is 341 g/mol. The van der Waals surface area contributed by atoms with Crippen molar-refractivity contribution in [2.24, 2.45) is 5.92 Å². The Kier molecular flexibility index (Phi) is 6.51. The van der Waals surface area contributed by atoms with Gasteiger partial charge in [0.1, 0.15) is 5.82 Å². The van der Waals surface area contributed by atoms with Crippen LogP contribution in [-0.2, 0) is 9.53 Å². The molecule has 0 atom stereocenters. The molecule has 6 nitrogen and oxygen atoms in total. The molecule has 2 N–H and O–H groups in total. The Morgan fingerprint density at radius 1 is 1.12 bits per heavy atom. The van der Waals surface area contributed by atoms with Gasteiger partial charge in [-0.1, -0.05) is 19.9 Å². The molecule has 1 aromatic heterocycles. The van der Waals surface area contributed by atoms with Crippen LogP contribution in [0.1, 0.15) is 37.0 Å². The van der Waals surface area contributed by atoms with Gasteiger partial charge in [-0.25, -0.2) is 9.78 Å². The van der Waals surface area contributed by atoms with Gasteiger partial charge in [-0.05, 0) is 43.2 Å². The Hall–Kier alpha value is -2.89. The first kappa shape index (κ1) is 18.4. The maximum absolute atomic E-state index is 12.1. The Bertz CT molecular complexity index is 725. The summed E-state index contributed by atoms with van der Waals surface area (Å²) in [6.45, 7) is 4.00. The third-order valence-electron chi connectivity index (χ3n) is 3.94. The first-order valence-electron chi connectivity index (χ1n) is 8.29. The molecule has 0 aliphatic rings. The van der Waals surface area contributed by atoms with Crippen molar-refractivity contribution in [1.82, 2.24) is 4.98 Å². The number of amides is 1. The fourth-order valence-corrected chi connectivity index (χ4v) is 2.44. The molecule has 132 valence electrons. The summed E-state index contributed by atoms with van der Waals surface area (Å²) >= 11 is 0. The van der Waals surface area contributed by atoms with Crippen molar-refractivity contribution in [2.45, 2.75) is 26.7 Å². The third-order valence-corrected chi connectivity index (χ3v) is 3.94. The Morgan fingerprint density at radius 2 is 1.88 bits per heavy atom. The highest BCUT2D eigenvalue weighted by atomic mass is 16.5. The fraction of sp³-hybridized carbons (Fsp3) is 0.316. The number of hydrogen-bond acceptors (Lipinski definition) is 5. The summed E-state index contributed by atoms with van der Waals surface area (Å²) in [4.78, 5) is 27.9. The maximum atomic E-state index is 12.1. The number of benzene rings is 1. The molecular weight excluding hydrogens is 318 g/mol. The van der Waals surface area contributed by atoms with Crippen LogP contribution in [0, 0.1) is 5.92 Å². The minimum absolute atomic E-state index is 0.0123. The second-order valence-electron chi connectivity index (χ2n) is 5.63. The van der Waals surface area contributed by atoms with Gasteiger partial charge < -0.3 is 15.4 Å². The van der Waals surface area contributed by atoms with Gasteiger partial charge >= 0.3 is 5.97 Å². The van der Waals surface area contributed by atoms with Crippen molar-refractivity contribution in [1.29, 1.82) is 0 Å². The van der Waals surface area contributed by atoms with Crippen LogP contribution in [0.5, 0.6) is 0 Å². The molecule has 25 heavy (non-hydrogen) atoms. The van der Waals surface area contributed by atoms with Crippen molar-refractivity contribution >= 4 is 29.1 Å². The Labute approximate surface area is 147 Å². The maximum Gasteiger partial charge on any atom is 0.337 e.